The summed E-state index contributed by atoms with van der Waals surface area (Å²) < 4.78 is 38.4. The lowest BCUT2D eigenvalue weighted by Crippen LogP contribution is -2.27. The van der Waals surface area contributed by atoms with E-state index in [9.17, 15) is 23.6 Å². The SMILES string of the molecule is O=[N+]([O-])c1sccc1C(Cc1ccc(O[C@@H]2CCC[C@H]2O)nc1)S(=O)(=O)Oc1ccc(N(CCCl)CCCl)cc1. The molecule has 40 heavy (non-hydrogen) atoms. The van der Waals surface area contributed by atoms with Gasteiger partial charge in [0.25, 0.3) is 0 Å². The van der Waals surface area contributed by atoms with Crippen LogP contribution in [0, 0.1) is 10.1 Å². The molecule has 1 fully saturated rings. The van der Waals surface area contributed by atoms with Gasteiger partial charge >= 0.3 is 15.1 Å². The Hall–Kier alpha value is -2.64. The standard InChI is InChI=1S/C26H29Cl2N3O7S2/c27-11-13-30(14-12-28)19-5-7-20(8-6-19)38-40(35,36)24(21-10-15-39-26(21)31(33)34)16-18-4-9-25(29-17-18)37-23-3-1-2-22(23)32/h4-10,15,17,22-24,32H,1-3,11-14,16H2/t22-,23-,24?/m1/s1. The van der Waals surface area contributed by atoms with Crippen molar-refractivity contribution in [1.82, 2.24) is 4.98 Å². The van der Waals surface area contributed by atoms with Gasteiger partial charge in [-0.15, -0.1) is 23.2 Å². The maximum Gasteiger partial charge on any atom is 0.328 e. The number of pyridine rings is 1. The number of thiophene rings is 1. The van der Waals surface area contributed by atoms with Gasteiger partial charge in [-0.3, -0.25) is 10.1 Å². The van der Waals surface area contributed by atoms with Gasteiger partial charge in [0.15, 0.2) is 0 Å². The monoisotopic (exact) mass is 629 g/mol. The first-order valence-corrected chi connectivity index (χ1v) is 16.1. The number of benzene rings is 1. The van der Waals surface area contributed by atoms with Crippen molar-refractivity contribution < 1.29 is 27.4 Å². The van der Waals surface area contributed by atoms with Gasteiger partial charge in [-0.1, -0.05) is 17.4 Å². The first-order valence-electron chi connectivity index (χ1n) is 12.6. The molecule has 0 spiro atoms. The molecule has 2 heterocycles. The number of hydrogen-bond donors (Lipinski definition) is 1. The third kappa shape index (κ3) is 7.55. The molecule has 1 aliphatic carbocycles. The van der Waals surface area contributed by atoms with Crippen LogP contribution in [0.1, 0.15) is 35.6 Å². The lowest BCUT2D eigenvalue weighted by atomic mass is 10.1. The van der Waals surface area contributed by atoms with Gasteiger partial charge in [0.2, 0.25) is 5.88 Å². The molecule has 1 aromatic carbocycles. The first-order chi connectivity index (χ1) is 19.2. The van der Waals surface area contributed by atoms with Crippen molar-refractivity contribution in [2.24, 2.45) is 0 Å². The van der Waals surface area contributed by atoms with E-state index in [0.29, 0.717) is 42.7 Å². The third-order valence-corrected chi connectivity index (χ3v) is 9.33. The first kappa shape index (κ1) is 30.3. The number of alkyl halides is 2. The zero-order valence-electron chi connectivity index (χ0n) is 21.4. The highest BCUT2D eigenvalue weighted by molar-refractivity contribution is 7.87. The Morgan fingerprint density at radius 3 is 2.42 bits per heavy atom. The average molecular weight is 631 g/mol. The summed E-state index contributed by atoms with van der Waals surface area (Å²) in [5, 5.41) is 21.5. The van der Waals surface area contributed by atoms with E-state index in [0.717, 1.165) is 29.9 Å². The van der Waals surface area contributed by atoms with E-state index >= 15 is 0 Å². The molecule has 0 amide bonds. The lowest BCUT2D eigenvalue weighted by Gasteiger charge is -2.23. The van der Waals surface area contributed by atoms with Gasteiger partial charge in [-0.25, -0.2) is 4.98 Å². The summed E-state index contributed by atoms with van der Waals surface area (Å²) in [6.45, 7) is 1.13. The van der Waals surface area contributed by atoms with Crippen LogP contribution >= 0.6 is 34.5 Å². The molecular weight excluding hydrogens is 601 g/mol. The van der Waals surface area contributed by atoms with E-state index in [1.807, 2.05) is 4.90 Å². The van der Waals surface area contributed by atoms with Crippen LogP contribution in [0.15, 0.2) is 54.0 Å². The Morgan fingerprint density at radius 1 is 1.12 bits per heavy atom. The smallest absolute Gasteiger partial charge is 0.328 e. The highest BCUT2D eigenvalue weighted by Gasteiger charge is 2.36. The fourth-order valence-corrected chi connectivity index (χ4v) is 7.22. The second-order valence-electron chi connectivity index (χ2n) is 9.23. The molecule has 0 bridgehead atoms. The van der Waals surface area contributed by atoms with Gasteiger partial charge in [0.1, 0.15) is 17.1 Å². The van der Waals surface area contributed by atoms with Crippen LogP contribution in [0.25, 0.3) is 0 Å². The number of anilines is 1. The Labute approximate surface area is 246 Å². The number of halogens is 2. The fraction of sp³-hybridized carbons (Fsp3) is 0.423. The van der Waals surface area contributed by atoms with E-state index in [2.05, 4.69) is 4.98 Å². The lowest BCUT2D eigenvalue weighted by molar-refractivity contribution is -0.380. The second kappa shape index (κ2) is 13.8. The largest absolute Gasteiger partial charge is 0.472 e. The molecule has 2 aromatic heterocycles. The molecule has 0 radical (unpaired) electrons. The summed E-state index contributed by atoms with van der Waals surface area (Å²) in [5.41, 5.74) is 1.36. The molecule has 216 valence electrons. The number of ether oxygens (including phenoxy) is 1. The molecule has 1 N–H and O–H groups in total. The summed E-state index contributed by atoms with van der Waals surface area (Å²) in [6.07, 6.45) is 2.73. The number of nitrogens with zero attached hydrogens (tertiary/aromatic N) is 3. The number of rotatable bonds is 14. The third-order valence-electron chi connectivity index (χ3n) is 6.57. The van der Waals surface area contributed by atoms with Gasteiger partial charge < -0.3 is 18.9 Å². The zero-order chi connectivity index (χ0) is 28.7. The van der Waals surface area contributed by atoms with E-state index in [1.165, 1.54) is 29.8 Å². The maximum atomic E-state index is 13.6. The summed E-state index contributed by atoms with van der Waals surface area (Å²) >= 11 is 12.6. The van der Waals surface area contributed by atoms with Crippen LogP contribution in [0.3, 0.4) is 0 Å². The number of aliphatic hydroxyl groups is 1. The molecular formula is C26H29Cl2N3O7S2. The normalized spacial score (nSPS) is 17.9. The van der Waals surface area contributed by atoms with E-state index in [-0.39, 0.29) is 28.8 Å². The topological polar surface area (TPSA) is 132 Å². The Bertz CT molecular complexity index is 1370. The van der Waals surface area contributed by atoms with Crippen molar-refractivity contribution in [1.29, 1.82) is 0 Å². The van der Waals surface area contributed by atoms with Crippen molar-refractivity contribution in [2.75, 3.05) is 29.7 Å². The highest BCUT2D eigenvalue weighted by Crippen LogP contribution is 2.38. The maximum absolute atomic E-state index is 13.6. The minimum absolute atomic E-state index is 0.0384. The molecule has 1 aliphatic rings. The van der Waals surface area contributed by atoms with Crippen molar-refractivity contribution in [2.45, 2.75) is 43.1 Å². The number of nitro groups is 1. The fourth-order valence-electron chi connectivity index (χ4n) is 4.57. The van der Waals surface area contributed by atoms with E-state index in [4.69, 9.17) is 32.1 Å². The molecule has 1 saturated carbocycles. The minimum atomic E-state index is -4.39. The predicted octanol–water partition coefficient (Wildman–Crippen LogP) is 5.32. The predicted molar refractivity (Wildman–Crippen MR) is 156 cm³/mol. The number of hydrogen-bond acceptors (Lipinski definition) is 10. The van der Waals surface area contributed by atoms with E-state index in [1.54, 1.807) is 24.3 Å². The Kier molecular flexibility index (Phi) is 10.5. The van der Waals surface area contributed by atoms with Crippen molar-refractivity contribution in [3.05, 3.63) is 75.3 Å². The van der Waals surface area contributed by atoms with Crippen molar-refractivity contribution >= 4 is 55.3 Å². The van der Waals surface area contributed by atoms with Gasteiger partial charge in [0, 0.05) is 42.8 Å². The zero-order valence-corrected chi connectivity index (χ0v) is 24.5. The molecule has 10 nitrogen and oxygen atoms in total. The Balaban J connectivity index is 1.56. The molecule has 0 saturated heterocycles. The summed E-state index contributed by atoms with van der Waals surface area (Å²) in [6, 6.07) is 11.1. The molecule has 14 heteroatoms. The van der Waals surface area contributed by atoms with Gasteiger partial charge in [-0.2, -0.15) is 8.42 Å². The molecule has 1 unspecified atom stereocenters. The summed E-state index contributed by atoms with van der Waals surface area (Å²) in [5.74, 6) is 1.18. The van der Waals surface area contributed by atoms with Crippen LogP contribution < -0.4 is 13.8 Å². The summed E-state index contributed by atoms with van der Waals surface area (Å²) in [4.78, 5) is 17.3. The van der Waals surface area contributed by atoms with Crippen LogP contribution in [0.4, 0.5) is 10.7 Å². The molecule has 3 aromatic rings. The van der Waals surface area contributed by atoms with Crippen molar-refractivity contribution in [3.63, 3.8) is 0 Å². The highest BCUT2D eigenvalue weighted by atomic mass is 35.5. The van der Waals surface area contributed by atoms with Gasteiger partial charge in [0.05, 0.1) is 16.6 Å². The van der Waals surface area contributed by atoms with Gasteiger partial charge in [-0.05, 0) is 67.0 Å². The average Bonchev–Trinajstić information content (AvgIpc) is 3.57. The van der Waals surface area contributed by atoms with Crippen LogP contribution in [0.5, 0.6) is 11.6 Å². The number of aromatic nitrogens is 1. The molecule has 0 aliphatic heterocycles. The minimum Gasteiger partial charge on any atom is -0.472 e. The molecule has 3 atom stereocenters. The van der Waals surface area contributed by atoms with Crippen LogP contribution in [-0.2, 0) is 16.5 Å². The number of aliphatic hydroxyl groups excluding tert-OH is 1. The second-order valence-corrected chi connectivity index (χ2v) is 12.6. The quantitative estimate of drug-likeness (QED) is 0.109. The van der Waals surface area contributed by atoms with E-state index < -0.39 is 26.4 Å². The van der Waals surface area contributed by atoms with Crippen LogP contribution in [-0.4, -0.2) is 60.5 Å². The Morgan fingerprint density at radius 2 is 1.85 bits per heavy atom. The van der Waals surface area contributed by atoms with Crippen LogP contribution in [0.2, 0.25) is 0 Å². The van der Waals surface area contributed by atoms with Crippen molar-refractivity contribution in [3.8, 4) is 11.6 Å². The summed E-state index contributed by atoms with van der Waals surface area (Å²) in [7, 11) is -4.39. The molecule has 4 rings (SSSR count).